The minimum Gasteiger partial charge on any atom is -0.390 e. The van der Waals surface area contributed by atoms with Crippen molar-refractivity contribution < 1.29 is 126 Å². The van der Waals surface area contributed by atoms with Crippen LogP contribution in [-0.2, 0) is 62.0 Å². The monoisotopic (exact) mass is 1210 g/mol. The lowest BCUT2D eigenvalue weighted by Crippen LogP contribution is -2.66. The number of fused-ring (bicyclic) bond motifs is 5. The molecule has 0 amide bonds. The van der Waals surface area contributed by atoms with Crippen LogP contribution in [0.2, 0.25) is 0 Å². The van der Waals surface area contributed by atoms with Gasteiger partial charge in [-0.3, -0.25) is 4.55 Å². The quantitative estimate of drug-likeness (QED) is 0.0657. The van der Waals surface area contributed by atoms with E-state index in [2.05, 4.69) is 26.0 Å². The Bertz CT molecular complexity index is 2380. The van der Waals surface area contributed by atoms with E-state index in [1.807, 2.05) is 20.8 Å². The van der Waals surface area contributed by atoms with Crippen molar-refractivity contribution in [2.75, 3.05) is 6.61 Å². The standard InChI is InChI=1S/C56H92O26S/c1-22(2)11-10-16-56(9,68)34-13-12-29-28-20-32(31-19-27(82-83(69,70)71)14-17-54(31,7)30(28)15-18-55(29,34)8)77-51-45(67)46(38(60)26(6)75-51)79-52-47(80-49-43(65)40(62)35(57)23(3)73-49)39(61)33(21-72-52)78-53-48(42(64)37(59)25(5)76-53)81-50-44(66)41(63)36(58)24(4)74-50/h11,15,23-29,31-53,57-68H,10,12-14,16-21H2,1-9H3,(H,69,70,71)/t23-,24+,25+,26-,27+,28-,29-,31-,32-,33+,34+,35-,36+,37+,38-,39+,40+,41-,42-,43-,44+,45-,46+,47-,48+,49+,50+,51+,52-,53-,54+,55+,56+/m1/s1. The molecular formula is C56H92O26S. The van der Waals surface area contributed by atoms with Crippen molar-refractivity contribution in [3.63, 3.8) is 0 Å². The van der Waals surface area contributed by atoms with E-state index in [1.165, 1.54) is 38.8 Å². The van der Waals surface area contributed by atoms with Crippen molar-refractivity contribution in [2.24, 2.45) is 34.5 Å². The highest BCUT2D eigenvalue weighted by molar-refractivity contribution is 7.80. The number of allylic oxidation sites excluding steroid dienone is 4. The van der Waals surface area contributed by atoms with Gasteiger partial charge >= 0.3 is 10.4 Å². The summed E-state index contributed by atoms with van der Waals surface area (Å²) in [7, 11) is -4.85. The molecule has 83 heavy (non-hydrogen) atoms. The molecule has 13 N–H and O–H groups in total. The minimum absolute atomic E-state index is 0.0241. The number of hydrogen-bond acceptors (Lipinski definition) is 25. The van der Waals surface area contributed by atoms with E-state index in [1.54, 1.807) is 0 Å². The summed E-state index contributed by atoms with van der Waals surface area (Å²) in [6.45, 7) is 15.5. The summed E-state index contributed by atoms with van der Waals surface area (Å²) in [6.07, 6.45) is -31.1. The van der Waals surface area contributed by atoms with Gasteiger partial charge in [0.05, 0.1) is 48.8 Å². The Morgan fingerprint density at radius 1 is 0.614 bits per heavy atom. The summed E-state index contributed by atoms with van der Waals surface area (Å²) in [5.74, 6) is -0.423. The van der Waals surface area contributed by atoms with Gasteiger partial charge in [-0.1, -0.05) is 37.1 Å². The van der Waals surface area contributed by atoms with Crippen LogP contribution in [-0.4, -0.2) is 246 Å². The molecule has 0 aromatic heterocycles. The van der Waals surface area contributed by atoms with Gasteiger partial charge in [0.15, 0.2) is 31.5 Å². The molecule has 0 aromatic rings. The first kappa shape index (κ1) is 65.9. The van der Waals surface area contributed by atoms with Gasteiger partial charge in [0.1, 0.15) is 91.6 Å². The Morgan fingerprint density at radius 2 is 1.13 bits per heavy atom. The van der Waals surface area contributed by atoms with Gasteiger partial charge in [-0.25, -0.2) is 4.18 Å². The third-order valence-electron chi connectivity index (χ3n) is 20.3. The van der Waals surface area contributed by atoms with Gasteiger partial charge in [0, 0.05) is 0 Å². The average Bonchev–Trinajstić information content (AvgIpc) is 2.27. The number of ether oxygens (including phenoxy) is 10. The molecule has 0 spiro atoms. The van der Waals surface area contributed by atoms with Crippen LogP contribution in [0.15, 0.2) is 23.3 Å². The fraction of sp³-hybridized carbons (Fsp3) is 0.929. The largest absolute Gasteiger partial charge is 0.397 e. The average molecular weight is 1210 g/mol. The van der Waals surface area contributed by atoms with E-state index in [0.717, 1.165) is 25.7 Å². The molecule has 3 saturated carbocycles. The topological polar surface area (TPSA) is 399 Å². The van der Waals surface area contributed by atoms with Gasteiger partial charge in [-0.15, -0.1) is 0 Å². The maximum absolute atomic E-state index is 12.4. The lowest BCUT2D eigenvalue weighted by molar-refractivity contribution is -0.397. The summed E-state index contributed by atoms with van der Waals surface area (Å²) in [5, 5.41) is 135. The molecule has 27 heteroatoms. The Kier molecular flexibility index (Phi) is 20.2. The Balaban J connectivity index is 0.978. The molecule has 5 saturated heterocycles. The van der Waals surface area contributed by atoms with Gasteiger partial charge in [-0.2, -0.15) is 8.42 Å². The SMILES string of the molecule is CC(C)=CCC[C@](C)(O)[C@H]1CC[C@@H]2[C@H]3C[C@@H](O[C@@H]4O[C@H](C)[C@@H](O)[C@H](O[C@H]5OC[C@H](O[C@H]6O[C@@H](C)[C@H](O)[C@@H](O)[C@@H]6O[C@@H]6O[C@@H](C)[C@H](O)[C@@H](O)[C@@H]6O)[C@H](O)[C@H]5O[C@@H]5O[C@H](C)[C@@H](O)[C@H](O)[C@H]5O)[C@H]4O)[C@H]4C[C@@H](OS(=O)(=O)O)CC[C@@]4(C)C3=CC[C@@]21C. The third-order valence-corrected chi connectivity index (χ3v) is 20.8. The van der Waals surface area contributed by atoms with E-state index >= 15 is 0 Å². The van der Waals surface area contributed by atoms with Crippen LogP contribution in [0.1, 0.15) is 120 Å². The van der Waals surface area contributed by atoms with Crippen LogP contribution in [0.5, 0.6) is 0 Å². The van der Waals surface area contributed by atoms with E-state index in [4.69, 9.17) is 51.6 Å². The zero-order valence-electron chi connectivity index (χ0n) is 48.6. The number of aliphatic hydroxyl groups excluding tert-OH is 11. The van der Waals surface area contributed by atoms with Gasteiger partial charge < -0.3 is 109 Å². The van der Waals surface area contributed by atoms with Crippen LogP contribution in [0, 0.1) is 34.5 Å². The Hall–Kier alpha value is -1.53. The van der Waals surface area contributed by atoms with E-state index < -0.39 is 194 Å². The van der Waals surface area contributed by atoms with Crippen molar-refractivity contribution in [2.45, 2.75) is 285 Å². The highest BCUT2D eigenvalue weighted by Gasteiger charge is 2.63. The van der Waals surface area contributed by atoms with Crippen molar-refractivity contribution in [3.05, 3.63) is 23.3 Å². The van der Waals surface area contributed by atoms with E-state index in [-0.39, 0.29) is 29.6 Å². The van der Waals surface area contributed by atoms with Crippen LogP contribution in [0.25, 0.3) is 0 Å². The molecule has 9 rings (SSSR count). The summed E-state index contributed by atoms with van der Waals surface area (Å²) in [6, 6.07) is 0. The first-order chi connectivity index (χ1) is 38.8. The fourth-order valence-electron chi connectivity index (χ4n) is 15.5. The highest BCUT2D eigenvalue weighted by atomic mass is 32.3. The summed E-state index contributed by atoms with van der Waals surface area (Å²) >= 11 is 0. The molecule has 5 heterocycles. The van der Waals surface area contributed by atoms with Crippen LogP contribution in [0.3, 0.4) is 0 Å². The van der Waals surface area contributed by atoms with Crippen LogP contribution < -0.4 is 0 Å². The number of rotatable bonds is 16. The zero-order chi connectivity index (χ0) is 60.7. The molecule has 9 aliphatic rings. The molecule has 478 valence electrons. The molecule has 0 unspecified atom stereocenters. The first-order valence-corrected chi connectivity index (χ1v) is 30.8. The normalized spacial score (nSPS) is 52.1. The number of hydrogen-bond donors (Lipinski definition) is 13. The van der Waals surface area contributed by atoms with Gasteiger partial charge in [0.25, 0.3) is 0 Å². The van der Waals surface area contributed by atoms with Gasteiger partial charge in [0.2, 0.25) is 0 Å². The molecule has 33 atom stereocenters. The van der Waals surface area contributed by atoms with Crippen LogP contribution >= 0.6 is 0 Å². The van der Waals surface area contributed by atoms with Crippen molar-refractivity contribution in [1.82, 2.24) is 0 Å². The molecule has 26 nitrogen and oxygen atoms in total. The van der Waals surface area contributed by atoms with E-state index in [0.29, 0.717) is 25.7 Å². The Morgan fingerprint density at radius 3 is 1.71 bits per heavy atom. The smallest absolute Gasteiger partial charge is 0.390 e. The summed E-state index contributed by atoms with van der Waals surface area (Å²) in [5.41, 5.74) is 0.549. The zero-order valence-corrected chi connectivity index (χ0v) is 49.4. The predicted molar refractivity (Wildman–Crippen MR) is 284 cm³/mol. The molecule has 0 bridgehead atoms. The van der Waals surface area contributed by atoms with Gasteiger partial charge in [-0.05, 0) is 141 Å². The molecule has 8 fully saturated rings. The second kappa shape index (κ2) is 25.4. The third kappa shape index (κ3) is 13.1. The van der Waals surface area contributed by atoms with E-state index in [9.17, 15) is 74.2 Å². The summed E-state index contributed by atoms with van der Waals surface area (Å²) < 4.78 is 101. The minimum atomic E-state index is -4.85. The lowest BCUT2D eigenvalue weighted by Gasteiger charge is -2.60. The Labute approximate surface area is 484 Å². The number of aliphatic hydroxyl groups is 12. The maximum Gasteiger partial charge on any atom is 0.397 e. The second-order valence-corrected chi connectivity index (χ2v) is 27.2. The molecule has 0 radical (unpaired) electrons. The maximum atomic E-state index is 12.4. The summed E-state index contributed by atoms with van der Waals surface area (Å²) in [4.78, 5) is 0. The lowest BCUT2D eigenvalue weighted by atomic mass is 9.47. The molecule has 0 aromatic carbocycles. The fourth-order valence-corrected chi connectivity index (χ4v) is 16.0. The van der Waals surface area contributed by atoms with Crippen molar-refractivity contribution in [1.29, 1.82) is 0 Å². The second-order valence-electron chi connectivity index (χ2n) is 26.2. The first-order valence-electron chi connectivity index (χ1n) is 29.5. The molecule has 4 aliphatic carbocycles. The van der Waals surface area contributed by atoms with Crippen LogP contribution in [0.4, 0.5) is 0 Å². The molecular weight excluding hydrogens is 1120 g/mol. The van der Waals surface area contributed by atoms with Crippen molar-refractivity contribution in [3.8, 4) is 0 Å². The highest BCUT2D eigenvalue weighted by Crippen LogP contribution is 2.67. The molecule has 5 aliphatic heterocycles. The van der Waals surface area contributed by atoms with Crippen molar-refractivity contribution >= 4 is 10.4 Å². The predicted octanol–water partition coefficient (Wildman–Crippen LogP) is -0.908.